The maximum absolute atomic E-state index is 6.12. The lowest BCUT2D eigenvalue weighted by Crippen LogP contribution is -2.41. The van der Waals surface area contributed by atoms with Gasteiger partial charge >= 0.3 is 0 Å². The Balaban J connectivity index is 1.98. The smallest absolute Gasteiger partial charge is 0.0183 e. The number of nitrogens with zero attached hydrogens (tertiary/aromatic N) is 1. The SMILES string of the molecule is CC(C)N1CC(N)CC1C1CCCCC1. The minimum Gasteiger partial charge on any atom is -0.326 e. The molecule has 0 aromatic rings. The Morgan fingerprint density at radius 3 is 2.40 bits per heavy atom. The summed E-state index contributed by atoms with van der Waals surface area (Å²) in [6.45, 7) is 5.75. The molecule has 0 bridgehead atoms. The molecule has 1 saturated heterocycles. The first-order chi connectivity index (χ1) is 7.18. The summed E-state index contributed by atoms with van der Waals surface area (Å²) in [4.78, 5) is 2.65. The standard InChI is InChI=1S/C13H26N2/c1-10(2)15-9-12(14)8-13(15)11-6-4-3-5-7-11/h10-13H,3-9,14H2,1-2H3. The quantitative estimate of drug-likeness (QED) is 0.758. The number of hydrogen-bond donors (Lipinski definition) is 1. The molecule has 0 amide bonds. The van der Waals surface area contributed by atoms with Crippen LogP contribution in [-0.4, -0.2) is 29.6 Å². The minimum atomic E-state index is 0.430. The van der Waals surface area contributed by atoms with Gasteiger partial charge in [-0.3, -0.25) is 4.90 Å². The van der Waals surface area contributed by atoms with Crippen LogP contribution < -0.4 is 5.73 Å². The van der Waals surface area contributed by atoms with Gasteiger partial charge in [0.15, 0.2) is 0 Å². The molecule has 2 atom stereocenters. The summed E-state index contributed by atoms with van der Waals surface area (Å²) in [7, 11) is 0. The molecule has 2 N–H and O–H groups in total. The van der Waals surface area contributed by atoms with Crippen LogP contribution in [0, 0.1) is 5.92 Å². The molecule has 1 aliphatic carbocycles. The molecule has 2 aliphatic rings. The van der Waals surface area contributed by atoms with Crippen molar-refractivity contribution in [3.05, 3.63) is 0 Å². The third-order valence-electron chi connectivity index (χ3n) is 4.27. The van der Waals surface area contributed by atoms with Gasteiger partial charge in [-0.05, 0) is 39.0 Å². The zero-order valence-corrected chi connectivity index (χ0v) is 10.3. The zero-order valence-electron chi connectivity index (χ0n) is 10.3. The summed E-state index contributed by atoms with van der Waals surface area (Å²) in [6, 6.07) is 1.89. The molecule has 88 valence electrons. The lowest BCUT2D eigenvalue weighted by molar-refractivity contribution is 0.128. The molecule has 1 saturated carbocycles. The number of rotatable bonds is 2. The Morgan fingerprint density at radius 1 is 1.13 bits per heavy atom. The van der Waals surface area contributed by atoms with Crippen LogP contribution in [-0.2, 0) is 0 Å². The fourth-order valence-corrected chi connectivity index (χ4v) is 3.50. The van der Waals surface area contributed by atoms with Gasteiger partial charge in [-0.2, -0.15) is 0 Å². The van der Waals surface area contributed by atoms with Gasteiger partial charge in [0.25, 0.3) is 0 Å². The highest BCUT2D eigenvalue weighted by atomic mass is 15.2. The summed E-state index contributed by atoms with van der Waals surface area (Å²) in [5.74, 6) is 0.940. The first-order valence-electron chi connectivity index (χ1n) is 6.70. The van der Waals surface area contributed by atoms with Gasteiger partial charge in [0.1, 0.15) is 0 Å². The van der Waals surface area contributed by atoms with E-state index in [1.807, 2.05) is 0 Å². The Bertz CT molecular complexity index is 197. The largest absolute Gasteiger partial charge is 0.326 e. The summed E-state index contributed by atoms with van der Waals surface area (Å²) in [5, 5.41) is 0. The maximum Gasteiger partial charge on any atom is 0.0183 e. The zero-order chi connectivity index (χ0) is 10.8. The van der Waals surface area contributed by atoms with E-state index in [2.05, 4.69) is 18.7 Å². The van der Waals surface area contributed by atoms with Crippen molar-refractivity contribution in [2.75, 3.05) is 6.54 Å². The van der Waals surface area contributed by atoms with Gasteiger partial charge in [-0.15, -0.1) is 0 Å². The molecule has 0 aromatic heterocycles. The fraction of sp³-hybridized carbons (Fsp3) is 1.00. The van der Waals surface area contributed by atoms with Crippen molar-refractivity contribution < 1.29 is 0 Å². The molecule has 2 nitrogen and oxygen atoms in total. The fourth-order valence-electron chi connectivity index (χ4n) is 3.50. The van der Waals surface area contributed by atoms with Gasteiger partial charge < -0.3 is 5.73 Å². The normalized spacial score (nSPS) is 35.2. The van der Waals surface area contributed by atoms with Crippen molar-refractivity contribution in [1.29, 1.82) is 0 Å². The van der Waals surface area contributed by atoms with E-state index in [1.165, 1.54) is 38.5 Å². The molecule has 2 heteroatoms. The van der Waals surface area contributed by atoms with Crippen molar-refractivity contribution in [3.8, 4) is 0 Å². The van der Waals surface area contributed by atoms with Crippen LogP contribution in [0.15, 0.2) is 0 Å². The minimum absolute atomic E-state index is 0.430. The third-order valence-corrected chi connectivity index (χ3v) is 4.27. The van der Waals surface area contributed by atoms with E-state index in [0.717, 1.165) is 18.5 Å². The summed E-state index contributed by atoms with van der Waals surface area (Å²) < 4.78 is 0. The molecule has 2 unspecified atom stereocenters. The highest BCUT2D eigenvalue weighted by molar-refractivity contribution is 4.93. The van der Waals surface area contributed by atoms with Crippen molar-refractivity contribution in [2.24, 2.45) is 11.7 Å². The lowest BCUT2D eigenvalue weighted by atomic mass is 9.82. The third kappa shape index (κ3) is 2.54. The average molecular weight is 210 g/mol. The second-order valence-corrected chi connectivity index (χ2v) is 5.75. The van der Waals surface area contributed by atoms with Crippen molar-refractivity contribution in [1.82, 2.24) is 4.90 Å². The van der Waals surface area contributed by atoms with Gasteiger partial charge in [0, 0.05) is 24.7 Å². The van der Waals surface area contributed by atoms with E-state index in [4.69, 9.17) is 5.73 Å². The molecular formula is C13H26N2. The van der Waals surface area contributed by atoms with E-state index in [-0.39, 0.29) is 0 Å². The van der Waals surface area contributed by atoms with Crippen LogP contribution in [0.2, 0.25) is 0 Å². The Kier molecular flexibility index (Phi) is 3.68. The van der Waals surface area contributed by atoms with Gasteiger partial charge in [0.2, 0.25) is 0 Å². The van der Waals surface area contributed by atoms with Gasteiger partial charge in [-0.25, -0.2) is 0 Å². The van der Waals surface area contributed by atoms with E-state index >= 15 is 0 Å². The maximum atomic E-state index is 6.12. The molecule has 2 fully saturated rings. The van der Waals surface area contributed by atoms with Gasteiger partial charge in [0.05, 0.1) is 0 Å². The van der Waals surface area contributed by atoms with Crippen LogP contribution >= 0.6 is 0 Å². The Morgan fingerprint density at radius 2 is 1.80 bits per heavy atom. The second-order valence-electron chi connectivity index (χ2n) is 5.75. The average Bonchev–Trinajstić information content (AvgIpc) is 2.62. The van der Waals surface area contributed by atoms with Gasteiger partial charge in [-0.1, -0.05) is 19.3 Å². The van der Waals surface area contributed by atoms with E-state index < -0.39 is 0 Å². The second kappa shape index (κ2) is 4.84. The monoisotopic (exact) mass is 210 g/mol. The number of likely N-dealkylation sites (tertiary alicyclic amines) is 1. The molecule has 0 aromatic carbocycles. The first-order valence-corrected chi connectivity index (χ1v) is 6.70. The topological polar surface area (TPSA) is 29.3 Å². The van der Waals surface area contributed by atoms with Crippen molar-refractivity contribution in [2.45, 2.75) is 70.5 Å². The first kappa shape index (κ1) is 11.4. The molecule has 2 rings (SSSR count). The van der Waals surface area contributed by atoms with E-state index in [9.17, 15) is 0 Å². The van der Waals surface area contributed by atoms with Crippen LogP contribution in [0.1, 0.15) is 52.4 Å². The Labute approximate surface area is 94.2 Å². The molecule has 1 heterocycles. The Hall–Kier alpha value is -0.0800. The lowest BCUT2D eigenvalue weighted by Gasteiger charge is -2.36. The summed E-state index contributed by atoms with van der Waals surface area (Å²) in [6.07, 6.45) is 8.48. The van der Waals surface area contributed by atoms with Crippen LogP contribution in [0.25, 0.3) is 0 Å². The van der Waals surface area contributed by atoms with E-state index in [0.29, 0.717) is 12.1 Å². The van der Waals surface area contributed by atoms with Crippen LogP contribution in [0.5, 0.6) is 0 Å². The summed E-state index contributed by atoms with van der Waals surface area (Å²) >= 11 is 0. The molecular weight excluding hydrogens is 184 g/mol. The molecule has 0 spiro atoms. The predicted molar refractivity (Wildman–Crippen MR) is 64.8 cm³/mol. The molecule has 0 radical (unpaired) electrons. The van der Waals surface area contributed by atoms with Crippen molar-refractivity contribution in [3.63, 3.8) is 0 Å². The molecule has 15 heavy (non-hydrogen) atoms. The number of nitrogens with two attached hydrogens (primary N) is 1. The number of hydrogen-bond acceptors (Lipinski definition) is 2. The highest BCUT2D eigenvalue weighted by Gasteiger charge is 2.36. The predicted octanol–water partition coefficient (Wildman–Crippen LogP) is 2.38. The highest BCUT2D eigenvalue weighted by Crippen LogP contribution is 2.34. The van der Waals surface area contributed by atoms with Crippen LogP contribution in [0.3, 0.4) is 0 Å². The summed E-state index contributed by atoms with van der Waals surface area (Å²) in [5.41, 5.74) is 6.12. The van der Waals surface area contributed by atoms with Crippen LogP contribution in [0.4, 0.5) is 0 Å². The van der Waals surface area contributed by atoms with Crippen molar-refractivity contribution >= 4 is 0 Å². The van der Waals surface area contributed by atoms with E-state index in [1.54, 1.807) is 0 Å². The molecule has 1 aliphatic heterocycles.